The van der Waals surface area contributed by atoms with Crippen molar-refractivity contribution in [2.75, 3.05) is 31.6 Å². The molecule has 2 amide bonds. The lowest BCUT2D eigenvalue weighted by Gasteiger charge is -2.25. The molecule has 1 aliphatic heterocycles. The molecule has 2 aromatic rings. The van der Waals surface area contributed by atoms with Gasteiger partial charge < -0.3 is 15.0 Å². The van der Waals surface area contributed by atoms with E-state index in [0.29, 0.717) is 42.8 Å². The summed E-state index contributed by atoms with van der Waals surface area (Å²) in [5.41, 5.74) is 1.29. The van der Waals surface area contributed by atoms with E-state index in [0.717, 1.165) is 11.8 Å². The van der Waals surface area contributed by atoms with E-state index < -0.39 is 0 Å². The van der Waals surface area contributed by atoms with Gasteiger partial charge in [-0.15, -0.1) is 5.10 Å². The Morgan fingerprint density at radius 1 is 1.29 bits per heavy atom. The molecule has 1 aromatic heterocycles. The molecule has 0 spiro atoms. The Morgan fingerprint density at radius 3 is 2.83 bits per heavy atom. The van der Waals surface area contributed by atoms with Gasteiger partial charge in [0.15, 0.2) is 0 Å². The first-order valence-corrected chi connectivity index (χ1v) is 8.16. The van der Waals surface area contributed by atoms with Crippen LogP contribution < -0.4 is 5.32 Å². The fraction of sp³-hybridized carbons (Fsp3) is 0.357. The van der Waals surface area contributed by atoms with Crippen molar-refractivity contribution in [1.29, 1.82) is 0 Å². The first kappa shape index (κ1) is 16.4. The quantitative estimate of drug-likeness (QED) is 0.831. The van der Waals surface area contributed by atoms with Gasteiger partial charge in [0.25, 0.3) is 5.24 Å². The Morgan fingerprint density at radius 2 is 2.08 bits per heavy atom. The van der Waals surface area contributed by atoms with E-state index >= 15 is 0 Å². The number of amides is 2. The molecule has 3 rings (SSSR count). The Balaban J connectivity index is 1.77. The second-order valence-electron chi connectivity index (χ2n) is 5.07. The van der Waals surface area contributed by atoms with Gasteiger partial charge in [0.2, 0.25) is 11.1 Å². The molecule has 0 atom stereocenters. The summed E-state index contributed by atoms with van der Waals surface area (Å²) in [6, 6.07) is 7.08. The minimum atomic E-state index is -0.166. The highest BCUT2D eigenvalue weighted by atomic mass is 32.2. The largest absolute Gasteiger partial charge is 0.378 e. The van der Waals surface area contributed by atoms with E-state index in [9.17, 15) is 9.59 Å². The minimum Gasteiger partial charge on any atom is -0.378 e. The van der Waals surface area contributed by atoms with Gasteiger partial charge >= 0.3 is 0 Å². The minimum absolute atomic E-state index is 0.118. The number of ether oxygens (including phenoxy) is 1. The van der Waals surface area contributed by atoms with Crippen LogP contribution in [0.3, 0.4) is 0 Å². The molecule has 126 valence electrons. The van der Waals surface area contributed by atoms with Crippen LogP contribution in [0.5, 0.6) is 0 Å². The van der Waals surface area contributed by atoms with Gasteiger partial charge in [-0.25, -0.2) is 0 Å². The van der Waals surface area contributed by atoms with Crippen LogP contribution in [-0.4, -0.2) is 62.6 Å². The molecule has 0 saturated carbocycles. The maximum Gasteiger partial charge on any atom is 0.289 e. The predicted octanol–water partition coefficient (Wildman–Crippen LogP) is 1.16. The number of thioether (sulfide) groups is 1. The number of carbonyl (C=O) groups is 2. The van der Waals surface area contributed by atoms with Crippen molar-refractivity contribution in [1.82, 2.24) is 25.1 Å². The number of hydrogen-bond donors (Lipinski definition) is 1. The number of carbonyl (C=O) groups excluding carboxylic acids is 2. The number of tetrazole rings is 1. The van der Waals surface area contributed by atoms with E-state index in [-0.39, 0.29) is 11.1 Å². The zero-order valence-corrected chi connectivity index (χ0v) is 13.8. The van der Waals surface area contributed by atoms with Gasteiger partial charge in [-0.05, 0) is 28.6 Å². The topological polar surface area (TPSA) is 102 Å². The zero-order valence-electron chi connectivity index (χ0n) is 13.0. The third kappa shape index (κ3) is 3.89. The van der Waals surface area contributed by atoms with Crippen molar-refractivity contribution in [2.24, 2.45) is 0 Å². The molecule has 1 aliphatic rings. The van der Waals surface area contributed by atoms with Crippen molar-refractivity contribution in [2.45, 2.75) is 12.1 Å². The number of morpholine rings is 1. The Labute approximate surface area is 142 Å². The number of anilines is 1. The van der Waals surface area contributed by atoms with Gasteiger partial charge in [0.05, 0.1) is 18.9 Å². The maximum atomic E-state index is 12.3. The molecule has 1 saturated heterocycles. The SMILES string of the molecule is CC(=O)Nc1cccc(-n2nnnc2SC(=O)N2CCOCC2)c1. The van der Waals surface area contributed by atoms with E-state index in [1.165, 1.54) is 11.6 Å². The highest BCUT2D eigenvalue weighted by Crippen LogP contribution is 2.23. The van der Waals surface area contributed by atoms with Gasteiger partial charge in [-0.1, -0.05) is 6.07 Å². The Bertz CT molecular complexity index is 744. The summed E-state index contributed by atoms with van der Waals surface area (Å²) in [5.74, 6) is -0.166. The van der Waals surface area contributed by atoms with E-state index in [2.05, 4.69) is 20.8 Å². The molecular weight excluding hydrogens is 332 g/mol. The fourth-order valence-corrected chi connectivity index (χ4v) is 2.99. The Kier molecular flexibility index (Phi) is 5.06. The predicted molar refractivity (Wildman–Crippen MR) is 87.1 cm³/mol. The lowest BCUT2D eigenvalue weighted by Crippen LogP contribution is -2.38. The van der Waals surface area contributed by atoms with Crippen molar-refractivity contribution >= 4 is 28.6 Å². The van der Waals surface area contributed by atoms with Crippen molar-refractivity contribution < 1.29 is 14.3 Å². The molecule has 0 radical (unpaired) electrons. The second-order valence-corrected chi connectivity index (χ2v) is 5.99. The summed E-state index contributed by atoms with van der Waals surface area (Å²) < 4.78 is 6.71. The second kappa shape index (κ2) is 7.41. The maximum absolute atomic E-state index is 12.3. The lowest BCUT2D eigenvalue weighted by atomic mass is 10.3. The summed E-state index contributed by atoms with van der Waals surface area (Å²) in [7, 11) is 0. The summed E-state index contributed by atoms with van der Waals surface area (Å²) in [6.45, 7) is 3.63. The summed E-state index contributed by atoms with van der Waals surface area (Å²) >= 11 is 0.969. The first-order chi connectivity index (χ1) is 11.6. The van der Waals surface area contributed by atoms with E-state index in [4.69, 9.17) is 4.74 Å². The number of aromatic nitrogens is 4. The zero-order chi connectivity index (χ0) is 16.9. The number of rotatable bonds is 3. The first-order valence-electron chi connectivity index (χ1n) is 7.34. The molecule has 1 aromatic carbocycles. The molecule has 1 N–H and O–H groups in total. The summed E-state index contributed by atoms with van der Waals surface area (Å²) in [5, 5.41) is 14.4. The number of nitrogens with one attached hydrogen (secondary N) is 1. The van der Waals surface area contributed by atoms with Gasteiger partial charge in [0, 0.05) is 37.5 Å². The van der Waals surface area contributed by atoms with Crippen molar-refractivity contribution in [3.8, 4) is 5.69 Å². The van der Waals surface area contributed by atoms with Crippen LogP contribution in [0.1, 0.15) is 6.92 Å². The summed E-state index contributed by atoms with van der Waals surface area (Å²) in [4.78, 5) is 25.2. The van der Waals surface area contributed by atoms with Crippen molar-refractivity contribution in [3.05, 3.63) is 24.3 Å². The number of benzene rings is 1. The fourth-order valence-electron chi connectivity index (χ4n) is 2.21. The molecule has 0 aliphatic carbocycles. The van der Waals surface area contributed by atoms with E-state index in [1.54, 1.807) is 29.2 Å². The monoisotopic (exact) mass is 348 g/mol. The van der Waals surface area contributed by atoms with Crippen LogP contribution in [0.25, 0.3) is 5.69 Å². The molecule has 0 unspecified atom stereocenters. The van der Waals surface area contributed by atoms with Crippen molar-refractivity contribution in [3.63, 3.8) is 0 Å². The molecule has 1 fully saturated rings. The molecule has 0 bridgehead atoms. The van der Waals surface area contributed by atoms with Crippen LogP contribution in [0.15, 0.2) is 29.4 Å². The highest BCUT2D eigenvalue weighted by molar-refractivity contribution is 8.13. The Hall–Kier alpha value is -2.46. The third-order valence-corrected chi connectivity index (χ3v) is 4.17. The normalized spacial score (nSPS) is 14.5. The van der Waals surface area contributed by atoms with Crippen LogP contribution in [0.2, 0.25) is 0 Å². The molecule has 2 heterocycles. The molecule has 10 heteroatoms. The van der Waals surface area contributed by atoms with Crippen LogP contribution >= 0.6 is 11.8 Å². The molecule has 9 nitrogen and oxygen atoms in total. The molecular formula is C14H16N6O3S. The van der Waals surface area contributed by atoms with Crippen LogP contribution in [-0.2, 0) is 9.53 Å². The van der Waals surface area contributed by atoms with Crippen LogP contribution in [0.4, 0.5) is 10.5 Å². The van der Waals surface area contributed by atoms with Gasteiger partial charge in [-0.2, -0.15) is 4.68 Å². The average molecular weight is 348 g/mol. The van der Waals surface area contributed by atoms with E-state index in [1.807, 2.05) is 0 Å². The number of nitrogens with zero attached hydrogens (tertiary/aromatic N) is 5. The summed E-state index contributed by atoms with van der Waals surface area (Å²) in [6.07, 6.45) is 0. The molecule has 24 heavy (non-hydrogen) atoms. The highest BCUT2D eigenvalue weighted by Gasteiger charge is 2.21. The average Bonchev–Trinajstić information content (AvgIpc) is 3.03. The van der Waals surface area contributed by atoms with Gasteiger partial charge in [0.1, 0.15) is 0 Å². The lowest BCUT2D eigenvalue weighted by molar-refractivity contribution is -0.114. The van der Waals surface area contributed by atoms with Gasteiger partial charge in [-0.3, -0.25) is 9.59 Å². The smallest absolute Gasteiger partial charge is 0.289 e. The standard InChI is InChI=1S/C14H16N6O3S/c1-10(21)15-11-3-2-4-12(9-11)20-13(16-17-18-20)24-14(22)19-5-7-23-8-6-19/h2-4,9H,5-8H2,1H3,(H,15,21). The third-order valence-electron chi connectivity index (χ3n) is 3.30. The number of hydrogen-bond acceptors (Lipinski definition) is 7. The van der Waals surface area contributed by atoms with Crippen LogP contribution in [0, 0.1) is 0 Å².